The topological polar surface area (TPSA) is 16.1 Å². The van der Waals surface area contributed by atoms with Crippen molar-refractivity contribution >= 4 is 44.4 Å². The second-order valence-electron chi connectivity index (χ2n) is 4.97. The smallest absolute Gasteiger partial charge is 0.0599 e. The second kappa shape index (κ2) is 6.46. The van der Waals surface area contributed by atoms with Crippen molar-refractivity contribution in [2.45, 2.75) is 19.8 Å². The molecule has 0 aliphatic heterocycles. The normalized spacial score (nSPS) is 11.0. The van der Waals surface area contributed by atoms with E-state index in [9.17, 15) is 0 Å². The van der Waals surface area contributed by atoms with Gasteiger partial charge in [0.25, 0.3) is 0 Å². The lowest BCUT2D eigenvalue weighted by atomic mass is 10.2. The van der Waals surface area contributed by atoms with Gasteiger partial charge in [-0.2, -0.15) is 0 Å². The third-order valence-electron chi connectivity index (χ3n) is 3.52. The van der Waals surface area contributed by atoms with E-state index >= 15 is 0 Å². The molecule has 0 fully saturated rings. The lowest BCUT2D eigenvalue weighted by Crippen LogP contribution is -2.17. The highest BCUT2D eigenvalue weighted by Gasteiger charge is 2.14. The number of hydrogen-bond donors (Lipinski definition) is 0. The summed E-state index contributed by atoms with van der Waals surface area (Å²) >= 11 is 7.84. The van der Waals surface area contributed by atoms with Gasteiger partial charge in [-0.3, -0.25) is 4.98 Å². The van der Waals surface area contributed by atoms with Crippen LogP contribution in [0.3, 0.4) is 0 Å². The number of rotatable bonds is 5. The van der Waals surface area contributed by atoms with Gasteiger partial charge in [0.05, 0.1) is 5.69 Å². The van der Waals surface area contributed by atoms with E-state index in [0.717, 1.165) is 18.0 Å². The van der Waals surface area contributed by atoms with E-state index in [1.54, 1.807) is 11.3 Å². The van der Waals surface area contributed by atoms with Crippen LogP contribution in [0.15, 0.2) is 48.1 Å². The van der Waals surface area contributed by atoms with Gasteiger partial charge in [-0.1, -0.05) is 24.9 Å². The Kier molecular flexibility index (Phi) is 4.42. The van der Waals surface area contributed by atoms with Gasteiger partial charge in [0.1, 0.15) is 0 Å². The first-order chi connectivity index (χ1) is 10.3. The van der Waals surface area contributed by atoms with Gasteiger partial charge in [-0.15, -0.1) is 11.3 Å². The first-order valence-electron chi connectivity index (χ1n) is 7.14. The monoisotopic (exact) mass is 316 g/mol. The van der Waals surface area contributed by atoms with Crippen molar-refractivity contribution in [2.75, 3.05) is 11.4 Å². The Balaban J connectivity index is 2.06. The summed E-state index contributed by atoms with van der Waals surface area (Å²) in [6, 6.07) is 10.2. The molecule has 0 N–H and O–H groups in total. The zero-order valence-electron chi connectivity index (χ0n) is 11.9. The molecule has 1 aromatic carbocycles. The van der Waals surface area contributed by atoms with Crippen LogP contribution < -0.4 is 4.90 Å². The molecule has 4 heteroatoms. The molecule has 0 saturated carbocycles. The Morgan fingerprint density at radius 3 is 2.76 bits per heavy atom. The highest BCUT2D eigenvalue weighted by atomic mass is 35.5. The van der Waals surface area contributed by atoms with E-state index in [4.69, 9.17) is 11.6 Å². The maximum absolute atomic E-state index is 6.09. The molecule has 0 radical (unpaired) electrons. The number of unbranched alkanes of at least 4 members (excludes halogenated alkanes) is 1. The van der Waals surface area contributed by atoms with Crippen LogP contribution in [-0.4, -0.2) is 11.5 Å². The summed E-state index contributed by atoms with van der Waals surface area (Å²) in [5.74, 6) is 0. The number of hydrogen-bond acceptors (Lipinski definition) is 3. The molecule has 108 valence electrons. The molecule has 3 rings (SSSR count). The summed E-state index contributed by atoms with van der Waals surface area (Å²) in [7, 11) is 0. The summed E-state index contributed by atoms with van der Waals surface area (Å²) in [4.78, 5) is 6.49. The largest absolute Gasteiger partial charge is 0.340 e. The molecule has 3 aromatic rings. The van der Waals surface area contributed by atoms with Crippen LogP contribution in [-0.2, 0) is 0 Å². The maximum atomic E-state index is 6.09. The van der Waals surface area contributed by atoms with Crippen molar-refractivity contribution in [1.82, 2.24) is 4.98 Å². The lowest BCUT2D eigenvalue weighted by Gasteiger charge is -2.24. The molecule has 0 saturated heterocycles. The number of fused-ring (bicyclic) bond motifs is 1. The molecule has 0 spiro atoms. The SMILES string of the molecule is CCCCN(c1ccncc1)c1csc2cc(Cl)ccc12. The summed E-state index contributed by atoms with van der Waals surface area (Å²) in [6.07, 6.45) is 6.03. The van der Waals surface area contributed by atoms with Crippen molar-refractivity contribution in [2.24, 2.45) is 0 Å². The van der Waals surface area contributed by atoms with Crippen molar-refractivity contribution in [3.63, 3.8) is 0 Å². The molecule has 21 heavy (non-hydrogen) atoms. The fourth-order valence-corrected chi connectivity index (χ4v) is 3.65. The van der Waals surface area contributed by atoms with Gasteiger partial charge < -0.3 is 4.90 Å². The average Bonchev–Trinajstić information content (AvgIpc) is 2.92. The van der Waals surface area contributed by atoms with E-state index in [1.807, 2.05) is 24.5 Å². The van der Waals surface area contributed by atoms with Gasteiger partial charge in [0, 0.05) is 45.1 Å². The Morgan fingerprint density at radius 2 is 2.00 bits per heavy atom. The van der Waals surface area contributed by atoms with Crippen molar-refractivity contribution in [1.29, 1.82) is 0 Å². The van der Waals surface area contributed by atoms with Crippen molar-refractivity contribution in [3.05, 3.63) is 53.1 Å². The molecular weight excluding hydrogens is 300 g/mol. The predicted molar refractivity (Wildman–Crippen MR) is 93.0 cm³/mol. The minimum atomic E-state index is 0.792. The number of pyridine rings is 1. The average molecular weight is 317 g/mol. The number of halogens is 1. The molecular formula is C17H17ClN2S. The van der Waals surface area contributed by atoms with Crippen LogP contribution >= 0.6 is 22.9 Å². The van der Waals surface area contributed by atoms with E-state index in [1.165, 1.54) is 27.9 Å². The summed E-state index contributed by atoms with van der Waals surface area (Å²) in [5.41, 5.74) is 2.44. The van der Waals surface area contributed by atoms with E-state index in [0.29, 0.717) is 0 Å². The van der Waals surface area contributed by atoms with Gasteiger partial charge in [0.15, 0.2) is 0 Å². The summed E-state index contributed by atoms with van der Waals surface area (Å²) in [6.45, 7) is 3.23. The van der Waals surface area contributed by atoms with Crippen molar-refractivity contribution in [3.8, 4) is 0 Å². The minimum Gasteiger partial charge on any atom is -0.340 e. The summed E-state index contributed by atoms with van der Waals surface area (Å²) in [5, 5.41) is 4.27. The first kappa shape index (κ1) is 14.4. The molecule has 0 aliphatic carbocycles. The zero-order chi connectivity index (χ0) is 14.7. The third-order valence-corrected chi connectivity index (χ3v) is 4.69. The number of nitrogens with zero attached hydrogens (tertiary/aromatic N) is 2. The highest BCUT2D eigenvalue weighted by Crippen LogP contribution is 2.38. The van der Waals surface area contributed by atoms with Crippen LogP contribution in [0.4, 0.5) is 11.4 Å². The van der Waals surface area contributed by atoms with Crippen LogP contribution in [0, 0.1) is 0 Å². The molecule has 0 amide bonds. The molecule has 0 atom stereocenters. The molecule has 2 nitrogen and oxygen atoms in total. The molecule has 2 heterocycles. The van der Waals surface area contributed by atoms with Gasteiger partial charge >= 0.3 is 0 Å². The quantitative estimate of drug-likeness (QED) is 0.583. The molecule has 0 bridgehead atoms. The van der Waals surface area contributed by atoms with Crippen LogP contribution in [0.2, 0.25) is 5.02 Å². The van der Waals surface area contributed by atoms with Gasteiger partial charge in [-0.05, 0) is 36.8 Å². The Hall–Kier alpha value is -1.58. The minimum absolute atomic E-state index is 0.792. The third kappa shape index (κ3) is 3.04. The van der Waals surface area contributed by atoms with Crippen LogP contribution in [0.1, 0.15) is 19.8 Å². The fraction of sp³-hybridized carbons (Fsp3) is 0.235. The van der Waals surface area contributed by atoms with E-state index in [-0.39, 0.29) is 0 Å². The molecule has 0 unspecified atom stereocenters. The molecule has 2 aromatic heterocycles. The Labute approximate surface area is 134 Å². The standard InChI is InChI=1S/C17H17ClN2S/c1-2-3-10-20(14-6-8-19-9-7-14)16-12-21-17-11-13(18)4-5-15(16)17/h4-9,11-12H,2-3,10H2,1H3. The van der Waals surface area contributed by atoms with Crippen LogP contribution in [0.5, 0.6) is 0 Å². The summed E-state index contributed by atoms with van der Waals surface area (Å²) < 4.78 is 1.23. The maximum Gasteiger partial charge on any atom is 0.0599 e. The highest BCUT2D eigenvalue weighted by molar-refractivity contribution is 7.17. The van der Waals surface area contributed by atoms with Gasteiger partial charge in [-0.25, -0.2) is 0 Å². The zero-order valence-corrected chi connectivity index (χ0v) is 13.5. The van der Waals surface area contributed by atoms with Crippen LogP contribution in [0.25, 0.3) is 10.1 Å². The molecule has 0 aliphatic rings. The first-order valence-corrected chi connectivity index (χ1v) is 8.39. The Morgan fingerprint density at radius 1 is 1.19 bits per heavy atom. The lowest BCUT2D eigenvalue weighted by molar-refractivity contribution is 0.787. The number of thiophene rings is 1. The second-order valence-corrected chi connectivity index (χ2v) is 6.32. The van der Waals surface area contributed by atoms with E-state index < -0.39 is 0 Å². The number of aromatic nitrogens is 1. The van der Waals surface area contributed by atoms with Crippen molar-refractivity contribution < 1.29 is 0 Å². The number of anilines is 2. The van der Waals surface area contributed by atoms with E-state index in [2.05, 4.69) is 40.4 Å². The fourth-order valence-electron chi connectivity index (χ4n) is 2.43. The van der Waals surface area contributed by atoms with Gasteiger partial charge in [0.2, 0.25) is 0 Å². The Bertz CT molecular complexity index is 724. The number of benzene rings is 1. The predicted octanol–water partition coefficient (Wildman–Crippen LogP) is 5.89.